The van der Waals surface area contributed by atoms with E-state index < -0.39 is 0 Å². The Morgan fingerprint density at radius 3 is 3.06 bits per heavy atom. The van der Waals surface area contributed by atoms with E-state index in [0.29, 0.717) is 11.5 Å². The van der Waals surface area contributed by atoms with E-state index in [0.717, 1.165) is 11.9 Å². The van der Waals surface area contributed by atoms with Gasteiger partial charge in [0.05, 0.1) is 18.1 Å². The molecule has 0 radical (unpaired) electrons. The fourth-order valence-electron chi connectivity index (χ4n) is 1.74. The van der Waals surface area contributed by atoms with Crippen molar-refractivity contribution < 1.29 is 0 Å². The first-order chi connectivity index (χ1) is 8.72. The van der Waals surface area contributed by atoms with Crippen LogP contribution in [0, 0.1) is 6.92 Å². The summed E-state index contributed by atoms with van der Waals surface area (Å²) in [6.45, 7) is 2.81. The summed E-state index contributed by atoms with van der Waals surface area (Å²) in [4.78, 5) is 10.8. The van der Waals surface area contributed by atoms with Crippen molar-refractivity contribution >= 4 is 34.1 Å². The Morgan fingerprint density at radius 2 is 2.28 bits per heavy atom. The maximum absolute atomic E-state index is 5.65. The summed E-state index contributed by atoms with van der Waals surface area (Å²) in [6.07, 6.45) is 1.69. The summed E-state index contributed by atoms with van der Waals surface area (Å²) in [5.74, 6) is 0.939. The van der Waals surface area contributed by atoms with E-state index in [2.05, 4.69) is 44.5 Å². The first-order valence-electron chi connectivity index (χ1n) is 5.48. The molecule has 0 atom stereocenters. The Balaban J connectivity index is 1.87. The van der Waals surface area contributed by atoms with Gasteiger partial charge in [-0.25, -0.2) is 0 Å². The van der Waals surface area contributed by atoms with Gasteiger partial charge in [0.1, 0.15) is 5.82 Å². The zero-order chi connectivity index (χ0) is 12.5. The number of nitrogens with zero attached hydrogens (tertiary/aromatic N) is 3. The van der Waals surface area contributed by atoms with E-state index in [1.165, 1.54) is 9.75 Å². The van der Waals surface area contributed by atoms with Crippen molar-refractivity contribution in [3.8, 4) is 0 Å². The highest BCUT2D eigenvalue weighted by Crippen LogP contribution is 2.21. The zero-order valence-corrected chi connectivity index (χ0v) is 10.6. The Bertz CT molecular complexity index is 686. The molecule has 0 amide bonds. The highest BCUT2D eigenvalue weighted by atomic mass is 32.1. The normalized spacial score (nSPS) is 10.9. The number of H-pyrrole nitrogens is 1. The van der Waals surface area contributed by atoms with E-state index in [4.69, 9.17) is 5.73 Å². The average molecular weight is 260 g/mol. The van der Waals surface area contributed by atoms with E-state index in [9.17, 15) is 0 Å². The molecule has 3 heterocycles. The van der Waals surface area contributed by atoms with Crippen molar-refractivity contribution in [1.82, 2.24) is 20.2 Å². The van der Waals surface area contributed by atoms with Gasteiger partial charge in [-0.05, 0) is 19.1 Å². The molecular weight excluding hydrogens is 248 g/mol. The molecule has 0 saturated heterocycles. The molecular formula is C11H12N6S. The quantitative estimate of drug-likeness (QED) is 0.669. The highest BCUT2D eigenvalue weighted by molar-refractivity contribution is 7.11. The number of fused-ring (bicyclic) bond motifs is 1. The summed E-state index contributed by atoms with van der Waals surface area (Å²) in [7, 11) is 0. The number of aromatic amines is 1. The van der Waals surface area contributed by atoms with Crippen LogP contribution in [0.5, 0.6) is 0 Å². The van der Waals surface area contributed by atoms with Crippen LogP contribution in [-0.4, -0.2) is 20.2 Å². The highest BCUT2D eigenvalue weighted by Gasteiger charge is 2.07. The van der Waals surface area contributed by atoms with E-state index in [1.807, 2.05) is 0 Å². The van der Waals surface area contributed by atoms with Gasteiger partial charge in [-0.15, -0.1) is 11.3 Å². The fourth-order valence-corrected chi connectivity index (χ4v) is 2.57. The smallest absolute Gasteiger partial charge is 0.224 e. The monoisotopic (exact) mass is 260 g/mol. The van der Waals surface area contributed by atoms with E-state index in [1.54, 1.807) is 17.5 Å². The second-order valence-electron chi connectivity index (χ2n) is 3.93. The predicted molar refractivity (Wildman–Crippen MR) is 72.5 cm³/mol. The van der Waals surface area contributed by atoms with Crippen LogP contribution in [0.25, 0.3) is 11.0 Å². The minimum Gasteiger partial charge on any atom is -0.368 e. The van der Waals surface area contributed by atoms with Crippen molar-refractivity contribution in [2.45, 2.75) is 13.5 Å². The number of anilines is 2. The minimum atomic E-state index is 0.233. The molecule has 18 heavy (non-hydrogen) atoms. The van der Waals surface area contributed by atoms with Crippen LogP contribution in [0.3, 0.4) is 0 Å². The zero-order valence-electron chi connectivity index (χ0n) is 9.77. The van der Waals surface area contributed by atoms with Gasteiger partial charge >= 0.3 is 0 Å². The first kappa shape index (κ1) is 11.0. The molecule has 0 spiro atoms. The first-order valence-corrected chi connectivity index (χ1v) is 6.30. The van der Waals surface area contributed by atoms with Crippen molar-refractivity contribution in [2.75, 3.05) is 11.1 Å². The Labute approximate surface area is 107 Å². The van der Waals surface area contributed by atoms with Crippen LogP contribution in [0.4, 0.5) is 11.8 Å². The lowest BCUT2D eigenvalue weighted by molar-refractivity contribution is 1.09. The molecule has 0 unspecified atom stereocenters. The fraction of sp³-hybridized carbons (Fsp3) is 0.182. The van der Waals surface area contributed by atoms with Crippen LogP contribution in [0.1, 0.15) is 9.75 Å². The van der Waals surface area contributed by atoms with Gasteiger partial charge in [0.15, 0.2) is 5.65 Å². The molecule has 0 aliphatic rings. The van der Waals surface area contributed by atoms with Crippen molar-refractivity contribution in [3.63, 3.8) is 0 Å². The lowest BCUT2D eigenvalue weighted by Gasteiger charge is -2.05. The number of hydrogen-bond donors (Lipinski definition) is 3. The minimum absolute atomic E-state index is 0.233. The molecule has 3 aromatic heterocycles. The molecule has 3 rings (SSSR count). The summed E-state index contributed by atoms with van der Waals surface area (Å²) < 4.78 is 0. The largest absolute Gasteiger partial charge is 0.368 e. The molecule has 3 aromatic rings. The van der Waals surface area contributed by atoms with Crippen molar-refractivity contribution in [3.05, 3.63) is 28.1 Å². The Morgan fingerprint density at radius 1 is 1.39 bits per heavy atom. The third kappa shape index (κ3) is 2.00. The number of hydrogen-bond acceptors (Lipinski definition) is 6. The van der Waals surface area contributed by atoms with Gasteiger partial charge in [0.2, 0.25) is 5.95 Å². The summed E-state index contributed by atoms with van der Waals surface area (Å²) >= 11 is 1.76. The summed E-state index contributed by atoms with van der Waals surface area (Å²) in [5.41, 5.74) is 6.30. The molecule has 4 N–H and O–H groups in total. The van der Waals surface area contributed by atoms with E-state index >= 15 is 0 Å². The molecule has 0 aliphatic carbocycles. The van der Waals surface area contributed by atoms with Crippen molar-refractivity contribution in [2.24, 2.45) is 0 Å². The molecule has 92 valence electrons. The van der Waals surface area contributed by atoms with Crippen LogP contribution >= 0.6 is 11.3 Å². The maximum atomic E-state index is 5.65. The number of aromatic nitrogens is 4. The van der Waals surface area contributed by atoms with Crippen LogP contribution in [0.15, 0.2) is 18.3 Å². The molecule has 0 bridgehead atoms. The van der Waals surface area contributed by atoms with Gasteiger partial charge in [-0.3, -0.25) is 5.10 Å². The third-order valence-electron chi connectivity index (χ3n) is 2.55. The molecule has 0 fully saturated rings. The standard InChI is InChI=1S/C11H12N6S/c1-6-2-3-7(18-6)4-13-9-8-5-14-17-10(8)16-11(12)15-9/h2-3,5H,4H2,1H3,(H4,12,13,14,15,16,17). The number of rotatable bonds is 3. The van der Waals surface area contributed by atoms with Gasteiger partial charge in [-0.1, -0.05) is 0 Å². The van der Waals surface area contributed by atoms with Crippen LogP contribution < -0.4 is 11.1 Å². The SMILES string of the molecule is Cc1ccc(CNc2nc(N)nc3[nH]ncc23)s1. The number of nitrogen functional groups attached to an aromatic ring is 1. The van der Waals surface area contributed by atoms with E-state index in [-0.39, 0.29) is 5.95 Å². The van der Waals surface area contributed by atoms with Gasteiger partial charge in [-0.2, -0.15) is 15.1 Å². The molecule has 0 aromatic carbocycles. The molecule has 7 heteroatoms. The second kappa shape index (κ2) is 4.26. The molecule has 0 aliphatic heterocycles. The van der Waals surface area contributed by atoms with Crippen LogP contribution in [0.2, 0.25) is 0 Å². The third-order valence-corrected chi connectivity index (χ3v) is 3.55. The lowest BCUT2D eigenvalue weighted by atomic mass is 10.3. The maximum Gasteiger partial charge on any atom is 0.224 e. The second-order valence-corrected chi connectivity index (χ2v) is 5.30. The van der Waals surface area contributed by atoms with Crippen molar-refractivity contribution in [1.29, 1.82) is 0 Å². The van der Waals surface area contributed by atoms with Gasteiger partial charge in [0, 0.05) is 9.75 Å². The van der Waals surface area contributed by atoms with Gasteiger partial charge < -0.3 is 11.1 Å². The predicted octanol–water partition coefficient (Wildman–Crippen LogP) is 1.92. The number of nitrogens with two attached hydrogens (primary N) is 1. The summed E-state index contributed by atoms with van der Waals surface area (Å²) in [6, 6.07) is 4.20. The Hall–Kier alpha value is -2.15. The number of thiophene rings is 1. The number of aryl methyl sites for hydroxylation is 1. The van der Waals surface area contributed by atoms with Gasteiger partial charge in [0.25, 0.3) is 0 Å². The lowest BCUT2D eigenvalue weighted by Crippen LogP contribution is -2.04. The molecule has 0 saturated carbocycles. The van der Waals surface area contributed by atoms with Crippen LogP contribution in [-0.2, 0) is 6.54 Å². The molecule has 6 nitrogen and oxygen atoms in total. The average Bonchev–Trinajstić information content (AvgIpc) is 2.94. The topological polar surface area (TPSA) is 92.5 Å². The number of nitrogens with one attached hydrogen (secondary N) is 2. The Kier molecular flexibility index (Phi) is 2.60. The summed E-state index contributed by atoms with van der Waals surface area (Å²) in [5, 5.41) is 10.8.